The quantitative estimate of drug-likeness (QED) is 0.696. The molecular formula is C20H25FN2O5. The molecule has 0 bridgehead atoms. The van der Waals surface area contributed by atoms with Gasteiger partial charge >= 0.3 is 6.09 Å². The Morgan fingerprint density at radius 2 is 1.82 bits per heavy atom. The molecule has 0 aliphatic carbocycles. The summed E-state index contributed by atoms with van der Waals surface area (Å²) in [4.78, 5) is 37.0. The highest BCUT2D eigenvalue weighted by molar-refractivity contribution is 6.21. The fourth-order valence-corrected chi connectivity index (χ4v) is 2.72. The van der Waals surface area contributed by atoms with Crippen LogP contribution >= 0.6 is 0 Å². The van der Waals surface area contributed by atoms with Gasteiger partial charge in [-0.1, -0.05) is 18.2 Å². The summed E-state index contributed by atoms with van der Waals surface area (Å²) in [5.74, 6) is -1.68. The topological polar surface area (TPSA) is 95.9 Å². The first-order chi connectivity index (χ1) is 13.1. The normalized spacial score (nSPS) is 15.5. The van der Waals surface area contributed by atoms with E-state index in [1.54, 1.807) is 32.9 Å². The highest BCUT2D eigenvalue weighted by atomic mass is 19.1. The van der Waals surface area contributed by atoms with Crippen LogP contribution in [0.5, 0.6) is 0 Å². The van der Waals surface area contributed by atoms with E-state index in [2.05, 4.69) is 5.32 Å². The van der Waals surface area contributed by atoms with Crippen LogP contribution < -0.4 is 5.32 Å². The second-order valence-electron chi connectivity index (χ2n) is 7.50. The largest absolute Gasteiger partial charge is 0.444 e. The smallest absolute Gasteiger partial charge is 0.407 e. The van der Waals surface area contributed by atoms with Crippen LogP contribution in [-0.2, 0) is 4.74 Å². The van der Waals surface area contributed by atoms with Crippen molar-refractivity contribution >= 4 is 17.9 Å². The van der Waals surface area contributed by atoms with Gasteiger partial charge in [0.05, 0.1) is 30.3 Å². The van der Waals surface area contributed by atoms with Crippen LogP contribution in [0.2, 0.25) is 0 Å². The standard InChI is InChI=1S/C20H25FN2O5/c1-20(2,3)28-19(27)22-14(12-24)8-6-7-13(21)11-23-17(25)15-9-4-5-10-16(15)18(23)26/h4-5,7,9-10,14,24H,6,8,11-12H2,1-3H3,(H,22,27)/t14-/m0/s1. The fraction of sp³-hybridized carbons (Fsp3) is 0.450. The maximum absolute atomic E-state index is 14.2. The molecule has 3 amide bonds. The number of nitrogens with zero attached hydrogens (tertiary/aromatic N) is 1. The Balaban J connectivity index is 1.86. The second-order valence-corrected chi connectivity index (χ2v) is 7.50. The third-order valence-electron chi connectivity index (χ3n) is 4.01. The van der Waals surface area contributed by atoms with Gasteiger partial charge in [0.25, 0.3) is 11.8 Å². The van der Waals surface area contributed by atoms with E-state index in [1.165, 1.54) is 18.2 Å². The summed E-state index contributed by atoms with van der Waals surface area (Å²) in [5.41, 5.74) is -0.132. The molecule has 0 unspecified atom stereocenters. The molecule has 1 aromatic carbocycles. The summed E-state index contributed by atoms with van der Waals surface area (Å²) in [5, 5.41) is 11.9. The number of fused-ring (bicyclic) bond motifs is 1. The van der Waals surface area contributed by atoms with Gasteiger partial charge in [0.15, 0.2) is 0 Å². The Kier molecular flexibility index (Phi) is 6.90. The van der Waals surface area contributed by atoms with Crippen molar-refractivity contribution in [3.8, 4) is 0 Å². The molecule has 0 saturated heterocycles. The molecule has 1 aromatic rings. The number of carbonyl (C=O) groups excluding carboxylic acids is 3. The third kappa shape index (κ3) is 5.63. The monoisotopic (exact) mass is 392 g/mol. The van der Waals surface area contributed by atoms with Gasteiger partial charge in [-0.15, -0.1) is 0 Å². The van der Waals surface area contributed by atoms with Gasteiger partial charge in [-0.3, -0.25) is 14.5 Å². The maximum atomic E-state index is 14.2. The summed E-state index contributed by atoms with van der Waals surface area (Å²) in [6.45, 7) is 4.39. The number of carbonyl (C=O) groups is 3. The van der Waals surface area contributed by atoms with Crippen LogP contribution in [0, 0.1) is 0 Å². The molecule has 1 heterocycles. The molecule has 1 atom stereocenters. The predicted octanol–water partition coefficient (Wildman–Crippen LogP) is 2.80. The molecule has 1 aliphatic rings. The Bertz CT molecular complexity index is 750. The molecule has 152 valence electrons. The SMILES string of the molecule is CC(C)(C)OC(=O)N[C@H](CO)CCC=C(F)CN1C(=O)c2ccccc2C1=O. The molecule has 0 saturated carbocycles. The number of aliphatic hydroxyl groups excluding tert-OH is 1. The summed E-state index contributed by atoms with van der Waals surface area (Å²) in [6.07, 6.45) is 1.05. The van der Waals surface area contributed by atoms with Gasteiger partial charge in [-0.2, -0.15) is 0 Å². The third-order valence-corrected chi connectivity index (χ3v) is 4.01. The van der Waals surface area contributed by atoms with Crippen molar-refractivity contribution in [2.75, 3.05) is 13.2 Å². The number of halogens is 1. The first-order valence-electron chi connectivity index (χ1n) is 9.02. The van der Waals surface area contributed by atoms with Crippen molar-refractivity contribution < 1.29 is 28.6 Å². The molecule has 2 rings (SSSR count). The van der Waals surface area contributed by atoms with E-state index >= 15 is 0 Å². The molecule has 8 heteroatoms. The number of allylic oxidation sites excluding steroid dienone is 1. The average Bonchev–Trinajstić information content (AvgIpc) is 2.84. The van der Waals surface area contributed by atoms with E-state index in [0.29, 0.717) is 0 Å². The summed E-state index contributed by atoms with van der Waals surface area (Å²) < 4.78 is 19.3. The minimum Gasteiger partial charge on any atom is -0.444 e. The minimum atomic E-state index is -0.665. The van der Waals surface area contributed by atoms with Crippen LogP contribution in [0.1, 0.15) is 54.3 Å². The number of hydrogen-bond donors (Lipinski definition) is 2. The number of aliphatic hydroxyl groups is 1. The summed E-state index contributed by atoms with van der Waals surface area (Å²) in [6, 6.07) is 5.76. The number of alkyl carbamates (subject to hydrolysis) is 1. The van der Waals surface area contributed by atoms with Crippen molar-refractivity contribution in [3.05, 3.63) is 47.3 Å². The van der Waals surface area contributed by atoms with E-state index in [4.69, 9.17) is 4.74 Å². The average molecular weight is 392 g/mol. The molecule has 0 aromatic heterocycles. The van der Waals surface area contributed by atoms with Gasteiger partial charge in [-0.25, -0.2) is 9.18 Å². The lowest BCUT2D eigenvalue weighted by atomic mass is 10.1. The highest BCUT2D eigenvalue weighted by Crippen LogP contribution is 2.23. The molecule has 0 fully saturated rings. The Morgan fingerprint density at radius 1 is 1.25 bits per heavy atom. The number of amides is 3. The highest BCUT2D eigenvalue weighted by Gasteiger charge is 2.35. The Hall–Kier alpha value is -2.74. The zero-order valence-electron chi connectivity index (χ0n) is 16.2. The lowest BCUT2D eigenvalue weighted by Crippen LogP contribution is -2.40. The first kappa shape index (κ1) is 21.6. The summed E-state index contributed by atoms with van der Waals surface area (Å²) in [7, 11) is 0. The number of benzene rings is 1. The van der Waals surface area contributed by atoms with E-state index in [1.807, 2.05) is 0 Å². The maximum Gasteiger partial charge on any atom is 0.407 e. The van der Waals surface area contributed by atoms with Gasteiger partial charge in [0.1, 0.15) is 11.4 Å². The van der Waals surface area contributed by atoms with Gasteiger partial charge in [0.2, 0.25) is 0 Å². The second kappa shape index (κ2) is 8.97. The van der Waals surface area contributed by atoms with Crippen LogP contribution in [0.3, 0.4) is 0 Å². The first-order valence-corrected chi connectivity index (χ1v) is 9.02. The number of nitrogens with one attached hydrogen (secondary N) is 1. The molecule has 28 heavy (non-hydrogen) atoms. The van der Waals surface area contributed by atoms with Crippen LogP contribution in [0.15, 0.2) is 36.2 Å². The van der Waals surface area contributed by atoms with Gasteiger partial charge < -0.3 is 15.2 Å². The lowest BCUT2D eigenvalue weighted by molar-refractivity contribution is 0.0478. The molecule has 0 spiro atoms. The number of imide groups is 1. The van der Waals surface area contributed by atoms with Crippen LogP contribution in [0.25, 0.3) is 0 Å². The molecule has 0 radical (unpaired) electrons. The van der Waals surface area contributed by atoms with Crippen molar-refractivity contribution in [3.63, 3.8) is 0 Å². The zero-order valence-corrected chi connectivity index (χ0v) is 16.2. The van der Waals surface area contributed by atoms with E-state index in [9.17, 15) is 23.9 Å². The zero-order chi connectivity index (χ0) is 20.9. The number of ether oxygens (including phenoxy) is 1. The van der Waals surface area contributed by atoms with E-state index < -0.39 is 41.9 Å². The molecule has 1 aliphatic heterocycles. The van der Waals surface area contributed by atoms with Crippen molar-refractivity contribution in [2.24, 2.45) is 0 Å². The lowest BCUT2D eigenvalue weighted by Gasteiger charge is -2.22. The van der Waals surface area contributed by atoms with E-state index in [0.717, 1.165) is 4.90 Å². The molecule has 2 N–H and O–H groups in total. The predicted molar refractivity (Wildman–Crippen MR) is 100 cm³/mol. The van der Waals surface area contributed by atoms with E-state index in [-0.39, 0.29) is 30.6 Å². The molecular weight excluding hydrogens is 367 g/mol. The van der Waals surface area contributed by atoms with Crippen molar-refractivity contribution in [1.29, 1.82) is 0 Å². The van der Waals surface area contributed by atoms with Gasteiger partial charge in [-0.05, 0) is 45.7 Å². The fourth-order valence-electron chi connectivity index (χ4n) is 2.72. The van der Waals surface area contributed by atoms with Crippen molar-refractivity contribution in [2.45, 2.75) is 45.3 Å². The molecule has 7 nitrogen and oxygen atoms in total. The van der Waals surface area contributed by atoms with Crippen molar-refractivity contribution in [1.82, 2.24) is 10.2 Å². The Labute approximate surface area is 163 Å². The summed E-state index contributed by atoms with van der Waals surface area (Å²) >= 11 is 0. The van der Waals surface area contributed by atoms with Gasteiger partial charge in [0, 0.05) is 0 Å². The minimum absolute atomic E-state index is 0.204. The van der Waals surface area contributed by atoms with Crippen LogP contribution in [-0.4, -0.2) is 52.7 Å². The Morgan fingerprint density at radius 3 is 2.32 bits per heavy atom. The van der Waals surface area contributed by atoms with Crippen LogP contribution in [0.4, 0.5) is 9.18 Å². The number of hydrogen-bond acceptors (Lipinski definition) is 5. The number of rotatable bonds is 7.